The van der Waals surface area contributed by atoms with Gasteiger partial charge in [0.2, 0.25) is 15.9 Å². The summed E-state index contributed by atoms with van der Waals surface area (Å²) in [6.45, 7) is 0. The van der Waals surface area contributed by atoms with Crippen LogP contribution in [0, 0.1) is 11.3 Å². The fourth-order valence-electron chi connectivity index (χ4n) is 2.89. The van der Waals surface area contributed by atoms with Gasteiger partial charge in [0.25, 0.3) is 0 Å². The van der Waals surface area contributed by atoms with Crippen molar-refractivity contribution < 1.29 is 26.3 Å². The zero-order valence-corrected chi connectivity index (χ0v) is 16.3. The molecule has 3 rings (SSSR count). The average molecular weight is 433 g/mol. The first-order valence-corrected chi connectivity index (χ1v) is 9.89. The molecule has 0 saturated heterocycles. The molecule has 0 aliphatic rings. The lowest BCUT2D eigenvalue weighted by Gasteiger charge is -2.18. The number of nitriles is 1. The van der Waals surface area contributed by atoms with E-state index in [1.807, 2.05) is 6.07 Å². The summed E-state index contributed by atoms with van der Waals surface area (Å²) in [5.41, 5.74) is -0.504. The molecule has 0 aliphatic carbocycles. The fourth-order valence-corrected chi connectivity index (χ4v) is 3.40. The predicted octanol–water partition coefficient (Wildman–Crippen LogP) is 3.96. The van der Waals surface area contributed by atoms with Crippen molar-refractivity contribution in [3.8, 4) is 34.2 Å². The van der Waals surface area contributed by atoms with E-state index < -0.39 is 21.9 Å². The Morgan fingerprint density at radius 3 is 2.07 bits per heavy atom. The van der Waals surface area contributed by atoms with Gasteiger partial charge in [0.15, 0.2) is 5.69 Å². The van der Waals surface area contributed by atoms with Crippen LogP contribution in [0.4, 0.5) is 13.2 Å². The summed E-state index contributed by atoms with van der Waals surface area (Å²) in [6, 6.07) is 13.9. The van der Waals surface area contributed by atoms with Crippen molar-refractivity contribution in [1.29, 1.82) is 5.26 Å². The van der Waals surface area contributed by atoms with E-state index in [1.165, 1.54) is 61.7 Å². The molecule has 0 fully saturated rings. The normalized spacial score (nSPS) is 11.7. The third-order valence-electron chi connectivity index (χ3n) is 4.27. The molecule has 154 valence electrons. The maximum atomic E-state index is 13.8. The quantitative estimate of drug-likeness (QED) is 0.670. The number of pyridine rings is 1. The predicted molar refractivity (Wildman–Crippen MR) is 103 cm³/mol. The minimum atomic E-state index is -4.80. The summed E-state index contributed by atoms with van der Waals surface area (Å²) in [5.74, 6) is -0.259. The molecule has 0 aliphatic heterocycles. The molecule has 0 spiro atoms. The Morgan fingerprint density at radius 2 is 1.60 bits per heavy atom. The first kappa shape index (κ1) is 21.3. The number of hydrogen-bond acceptors (Lipinski definition) is 5. The van der Waals surface area contributed by atoms with Crippen LogP contribution in [0.1, 0.15) is 11.3 Å². The summed E-state index contributed by atoms with van der Waals surface area (Å²) in [4.78, 5) is 3.42. The molecule has 0 radical (unpaired) electrons. The van der Waals surface area contributed by atoms with Crippen molar-refractivity contribution in [2.45, 2.75) is 11.1 Å². The number of benzene rings is 2. The Labute approximate surface area is 170 Å². The Bertz CT molecular complexity index is 1230. The van der Waals surface area contributed by atoms with Gasteiger partial charge in [0, 0.05) is 11.6 Å². The van der Waals surface area contributed by atoms with Gasteiger partial charge >= 0.3 is 6.18 Å². The van der Waals surface area contributed by atoms with Gasteiger partial charge in [-0.05, 0) is 41.0 Å². The van der Waals surface area contributed by atoms with Gasteiger partial charge in [-0.15, -0.1) is 0 Å². The molecule has 0 saturated carbocycles. The van der Waals surface area contributed by atoms with Gasteiger partial charge in [-0.3, -0.25) is 0 Å². The second-order valence-corrected chi connectivity index (χ2v) is 7.75. The molecule has 1 aromatic heterocycles. The highest BCUT2D eigenvalue weighted by Crippen LogP contribution is 2.43. The van der Waals surface area contributed by atoms with E-state index in [-0.39, 0.29) is 33.0 Å². The number of nitrogens with two attached hydrogens (primary N) is 1. The number of hydrogen-bond donors (Lipinski definition) is 1. The van der Waals surface area contributed by atoms with Gasteiger partial charge in [-0.2, -0.15) is 18.4 Å². The Hall–Kier alpha value is -3.42. The fraction of sp³-hybridized carbons (Fsp3) is 0.100. The van der Waals surface area contributed by atoms with Crippen LogP contribution < -0.4 is 9.88 Å². The second kappa shape index (κ2) is 7.78. The van der Waals surface area contributed by atoms with E-state index in [1.54, 1.807) is 0 Å². The minimum Gasteiger partial charge on any atom is -0.481 e. The third-order valence-corrected chi connectivity index (χ3v) is 5.20. The van der Waals surface area contributed by atoms with Crippen LogP contribution >= 0.6 is 0 Å². The average Bonchev–Trinajstić information content (AvgIpc) is 2.71. The lowest BCUT2D eigenvalue weighted by Crippen LogP contribution is -2.13. The molecule has 0 bridgehead atoms. The van der Waals surface area contributed by atoms with E-state index >= 15 is 0 Å². The molecule has 0 atom stereocenters. The van der Waals surface area contributed by atoms with Crippen LogP contribution in [0.3, 0.4) is 0 Å². The number of sulfonamides is 1. The minimum absolute atomic E-state index is 0.125. The number of alkyl halides is 3. The first-order chi connectivity index (χ1) is 14.0. The molecular formula is C20H14F3N3O3S. The zero-order chi connectivity index (χ0) is 22.1. The summed E-state index contributed by atoms with van der Waals surface area (Å²) in [6.07, 6.45) is -4.80. The molecule has 3 aromatic rings. The van der Waals surface area contributed by atoms with Crippen LogP contribution in [0.25, 0.3) is 22.3 Å². The molecule has 2 aromatic carbocycles. The maximum absolute atomic E-state index is 13.8. The van der Waals surface area contributed by atoms with Crippen LogP contribution in [0.2, 0.25) is 0 Å². The largest absolute Gasteiger partial charge is 0.481 e. The van der Waals surface area contributed by atoms with Crippen LogP contribution in [-0.2, 0) is 16.2 Å². The molecule has 0 unspecified atom stereocenters. The monoisotopic (exact) mass is 433 g/mol. The lowest BCUT2D eigenvalue weighted by atomic mass is 9.92. The first-order valence-electron chi connectivity index (χ1n) is 8.34. The van der Waals surface area contributed by atoms with Gasteiger partial charge in [0.05, 0.1) is 23.6 Å². The van der Waals surface area contributed by atoms with Gasteiger partial charge in [0.1, 0.15) is 0 Å². The van der Waals surface area contributed by atoms with E-state index in [0.717, 1.165) is 0 Å². The van der Waals surface area contributed by atoms with Gasteiger partial charge in [-0.25, -0.2) is 18.5 Å². The van der Waals surface area contributed by atoms with E-state index in [0.29, 0.717) is 5.56 Å². The van der Waals surface area contributed by atoms with Gasteiger partial charge in [-0.1, -0.05) is 24.3 Å². The van der Waals surface area contributed by atoms with E-state index in [4.69, 9.17) is 15.1 Å². The number of nitrogens with zero attached hydrogens (tertiary/aromatic N) is 2. The van der Waals surface area contributed by atoms with E-state index in [9.17, 15) is 21.6 Å². The van der Waals surface area contributed by atoms with E-state index in [2.05, 4.69) is 4.98 Å². The van der Waals surface area contributed by atoms with Crippen LogP contribution in [0.5, 0.6) is 5.88 Å². The zero-order valence-electron chi connectivity index (χ0n) is 15.4. The summed E-state index contributed by atoms with van der Waals surface area (Å²) >= 11 is 0. The standard InChI is InChI=1S/C20H14F3N3O3S/c1-29-17-10-16(13-6-8-15(9-7-13)30(25,27)28)18(19(26-17)20(21,22)23)14-4-2-12(11-24)3-5-14/h2-10H,1H3,(H2,25,27,28). The maximum Gasteiger partial charge on any atom is 0.434 e. The number of methoxy groups -OCH3 is 1. The number of ether oxygens (including phenoxy) is 1. The molecule has 0 amide bonds. The van der Waals surface area contributed by atoms with Crippen molar-refractivity contribution in [3.05, 3.63) is 65.9 Å². The molecule has 10 heteroatoms. The second-order valence-electron chi connectivity index (χ2n) is 6.19. The molecule has 2 N–H and O–H groups in total. The highest BCUT2D eigenvalue weighted by atomic mass is 32.2. The molecule has 30 heavy (non-hydrogen) atoms. The topological polar surface area (TPSA) is 106 Å². The summed E-state index contributed by atoms with van der Waals surface area (Å²) in [7, 11) is -2.77. The Balaban J connectivity index is 2.33. The number of aromatic nitrogens is 1. The van der Waals surface area contributed by atoms with Crippen molar-refractivity contribution in [2.24, 2.45) is 5.14 Å². The summed E-state index contributed by atoms with van der Waals surface area (Å²) < 4.78 is 69.5. The van der Waals surface area contributed by atoms with Crippen molar-refractivity contribution in [2.75, 3.05) is 7.11 Å². The number of rotatable bonds is 4. The highest BCUT2D eigenvalue weighted by molar-refractivity contribution is 7.89. The van der Waals surface area contributed by atoms with Crippen molar-refractivity contribution in [1.82, 2.24) is 4.98 Å². The number of halogens is 3. The van der Waals surface area contributed by atoms with Crippen LogP contribution in [-0.4, -0.2) is 20.5 Å². The molecule has 1 heterocycles. The molecule has 6 nitrogen and oxygen atoms in total. The van der Waals surface area contributed by atoms with Crippen molar-refractivity contribution in [3.63, 3.8) is 0 Å². The van der Waals surface area contributed by atoms with Crippen molar-refractivity contribution >= 4 is 10.0 Å². The van der Waals surface area contributed by atoms with Crippen LogP contribution in [0.15, 0.2) is 59.5 Å². The Kier molecular flexibility index (Phi) is 5.52. The molecular weight excluding hydrogens is 419 g/mol. The summed E-state index contributed by atoms with van der Waals surface area (Å²) in [5, 5.41) is 14.0. The lowest BCUT2D eigenvalue weighted by molar-refractivity contribution is -0.140. The SMILES string of the molecule is COc1cc(-c2ccc(S(N)(=O)=O)cc2)c(-c2ccc(C#N)cc2)c(C(F)(F)F)n1. The highest BCUT2D eigenvalue weighted by Gasteiger charge is 2.38. The smallest absolute Gasteiger partial charge is 0.434 e. The number of primary sulfonamides is 1. The van der Waals surface area contributed by atoms with Gasteiger partial charge < -0.3 is 4.74 Å². The third kappa shape index (κ3) is 4.27. The Morgan fingerprint density at radius 1 is 1.03 bits per heavy atom.